The van der Waals surface area contributed by atoms with Crippen LogP contribution in [0.2, 0.25) is 0 Å². The number of amides is 1. The van der Waals surface area contributed by atoms with Crippen molar-refractivity contribution in [1.29, 1.82) is 0 Å². The summed E-state index contributed by atoms with van der Waals surface area (Å²) in [6.45, 7) is 5.66. The minimum Gasteiger partial charge on any atom is -0.460 e. The molecule has 2 aromatic carbocycles. The summed E-state index contributed by atoms with van der Waals surface area (Å²) in [5, 5.41) is 2.52. The van der Waals surface area contributed by atoms with Crippen LogP contribution in [-0.4, -0.2) is 30.2 Å². The monoisotopic (exact) mass is 469 g/mol. The second-order valence-electron chi connectivity index (χ2n) is 8.19. The first-order valence-electron chi connectivity index (χ1n) is 11.8. The van der Waals surface area contributed by atoms with E-state index in [0.29, 0.717) is 12.8 Å². The Morgan fingerprint density at radius 3 is 1.76 bits per heavy atom. The molecule has 7 nitrogen and oxygen atoms in total. The number of hydrogen-bond acceptors (Lipinski definition) is 6. The number of carbonyl (C=O) groups is 3. The van der Waals surface area contributed by atoms with E-state index in [1.807, 2.05) is 74.5 Å². The minimum absolute atomic E-state index is 0.0336. The van der Waals surface area contributed by atoms with Gasteiger partial charge in [-0.3, -0.25) is 4.79 Å². The topological polar surface area (TPSA) is 90.9 Å². The highest BCUT2D eigenvalue weighted by Crippen LogP contribution is 2.17. The third-order valence-corrected chi connectivity index (χ3v) is 5.34. The van der Waals surface area contributed by atoms with E-state index in [0.717, 1.165) is 24.0 Å². The van der Waals surface area contributed by atoms with Crippen molar-refractivity contribution in [3.8, 4) is 0 Å². The van der Waals surface area contributed by atoms with Gasteiger partial charge in [0, 0.05) is 0 Å². The first-order chi connectivity index (χ1) is 16.4. The highest BCUT2D eigenvalue weighted by molar-refractivity contribution is 5.82. The molecule has 0 radical (unpaired) electrons. The summed E-state index contributed by atoms with van der Waals surface area (Å²) in [6, 6.07) is 17.2. The number of carbonyl (C=O) groups excluding carboxylic acids is 3. The van der Waals surface area contributed by atoms with Crippen molar-refractivity contribution in [2.75, 3.05) is 0 Å². The predicted molar refractivity (Wildman–Crippen MR) is 129 cm³/mol. The molecule has 0 aliphatic rings. The van der Waals surface area contributed by atoms with Crippen molar-refractivity contribution in [1.82, 2.24) is 5.32 Å². The number of alkyl carbamates (subject to hydrolysis) is 1. The molecule has 1 amide bonds. The van der Waals surface area contributed by atoms with E-state index in [9.17, 15) is 14.4 Å². The Morgan fingerprint density at radius 2 is 1.26 bits per heavy atom. The van der Waals surface area contributed by atoms with Crippen molar-refractivity contribution >= 4 is 18.0 Å². The molecule has 0 aliphatic carbocycles. The third kappa shape index (κ3) is 9.25. The molecule has 2 rings (SSSR count). The van der Waals surface area contributed by atoms with Crippen LogP contribution < -0.4 is 5.32 Å². The zero-order valence-corrected chi connectivity index (χ0v) is 20.2. The molecule has 0 unspecified atom stereocenters. The fourth-order valence-electron chi connectivity index (χ4n) is 3.50. The number of benzene rings is 2. The van der Waals surface area contributed by atoms with E-state index in [1.165, 1.54) is 0 Å². The van der Waals surface area contributed by atoms with E-state index in [-0.39, 0.29) is 25.1 Å². The van der Waals surface area contributed by atoms with Crippen LogP contribution in [0.3, 0.4) is 0 Å². The van der Waals surface area contributed by atoms with Crippen molar-refractivity contribution < 1.29 is 28.6 Å². The molecule has 0 heterocycles. The molecule has 0 spiro atoms. The van der Waals surface area contributed by atoms with E-state index in [4.69, 9.17) is 14.2 Å². The van der Waals surface area contributed by atoms with Crippen molar-refractivity contribution in [2.24, 2.45) is 5.92 Å². The quantitative estimate of drug-likeness (QED) is 0.321. The van der Waals surface area contributed by atoms with Crippen LogP contribution >= 0.6 is 0 Å². The van der Waals surface area contributed by atoms with Crippen molar-refractivity contribution in [2.45, 2.75) is 71.8 Å². The van der Waals surface area contributed by atoms with Gasteiger partial charge in [-0.1, -0.05) is 87.4 Å². The summed E-state index contributed by atoms with van der Waals surface area (Å²) in [4.78, 5) is 38.1. The number of ether oxygens (including phenoxy) is 3. The SMILES string of the molecule is CCCC(CCC)C(=O)O[C@@H](C)[C@H](NC(=O)OCc1ccccc1)C(=O)OCc1ccccc1. The highest BCUT2D eigenvalue weighted by Gasteiger charge is 2.33. The molecule has 0 bridgehead atoms. The Hall–Kier alpha value is -3.35. The molecule has 34 heavy (non-hydrogen) atoms. The average Bonchev–Trinajstić information content (AvgIpc) is 2.85. The van der Waals surface area contributed by atoms with Gasteiger partial charge >= 0.3 is 18.0 Å². The van der Waals surface area contributed by atoms with Crippen LogP contribution in [0, 0.1) is 5.92 Å². The van der Waals surface area contributed by atoms with E-state index < -0.39 is 24.2 Å². The molecule has 0 aliphatic heterocycles. The number of esters is 2. The van der Waals surface area contributed by atoms with E-state index in [1.54, 1.807) is 6.92 Å². The molecule has 184 valence electrons. The average molecular weight is 470 g/mol. The molecule has 2 atom stereocenters. The van der Waals surface area contributed by atoms with Crippen molar-refractivity contribution in [3.63, 3.8) is 0 Å². The van der Waals surface area contributed by atoms with Crippen molar-refractivity contribution in [3.05, 3.63) is 71.8 Å². The van der Waals surface area contributed by atoms with E-state index in [2.05, 4.69) is 5.32 Å². The molecule has 0 saturated carbocycles. The van der Waals surface area contributed by atoms with Crippen LogP contribution in [0.5, 0.6) is 0 Å². The Kier molecular flexibility index (Phi) is 11.7. The van der Waals surface area contributed by atoms with E-state index >= 15 is 0 Å². The minimum atomic E-state index is -1.21. The van der Waals surface area contributed by atoms with Gasteiger partial charge in [-0.05, 0) is 30.9 Å². The summed E-state index contributed by atoms with van der Waals surface area (Å²) in [5.74, 6) is -1.33. The normalized spacial score (nSPS) is 12.5. The standard InChI is InChI=1S/C27H35NO6/c1-4-12-23(13-5-2)25(29)34-20(3)24(26(30)32-18-21-14-8-6-9-15-21)28-27(31)33-19-22-16-10-7-11-17-22/h6-11,14-17,20,23-24H,4-5,12-13,18-19H2,1-3H3,(H,28,31)/t20-,24-/m0/s1. The van der Waals surface area contributed by atoms with Crippen LogP contribution in [0.4, 0.5) is 4.79 Å². The Labute approximate surface area is 201 Å². The maximum atomic E-state index is 12.9. The largest absolute Gasteiger partial charge is 0.460 e. The van der Waals surface area contributed by atoms with Crippen LogP contribution in [0.15, 0.2) is 60.7 Å². The fraction of sp³-hybridized carbons (Fsp3) is 0.444. The Balaban J connectivity index is 2.05. The highest BCUT2D eigenvalue weighted by atomic mass is 16.6. The maximum absolute atomic E-state index is 12.9. The molecule has 0 saturated heterocycles. The second kappa shape index (κ2) is 14.7. The number of rotatable bonds is 13. The fourth-order valence-corrected chi connectivity index (χ4v) is 3.50. The van der Waals surface area contributed by atoms with Gasteiger partial charge in [-0.15, -0.1) is 0 Å². The maximum Gasteiger partial charge on any atom is 0.408 e. The summed E-state index contributed by atoms with van der Waals surface area (Å²) < 4.78 is 16.3. The second-order valence-corrected chi connectivity index (χ2v) is 8.19. The van der Waals surface area contributed by atoms with Gasteiger partial charge in [0.15, 0.2) is 6.04 Å². The summed E-state index contributed by atoms with van der Waals surface area (Å²) in [7, 11) is 0. The van der Waals surface area contributed by atoms with Gasteiger partial charge < -0.3 is 19.5 Å². The summed E-state index contributed by atoms with van der Waals surface area (Å²) in [6.07, 6.45) is 1.37. The molecular weight excluding hydrogens is 434 g/mol. The zero-order valence-electron chi connectivity index (χ0n) is 20.2. The lowest BCUT2D eigenvalue weighted by molar-refractivity contribution is -0.161. The van der Waals surface area contributed by atoms with Crippen LogP contribution in [0.1, 0.15) is 57.6 Å². The number of hydrogen-bond donors (Lipinski definition) is 1. The molecule has 2 aromatic rings. The lowest BCUT2D eigenvalue weighted by Crippen LogP contribution is -2.50. The molecule has 7 heteroatoms. The van der Waals surface area contributed by atoms with Gasteiger partial charge in [0.25, 0.3) is 0 Å². The lowest BCUT2D eigenvalue weighted by atomic mass is 9.98. The molecule has 1 N–H and O–H groups in total. The molecule has 0 fully saturated rings. The van der Waals surface area contributed by atoms with Crippen LogP contribution in [-0.2, 0) is 37.0 Å². The Morgan fingerprint density at radius 1 is 0.765 bits per heavy atom. The summed E-state index contributed by atoms with van der Waals surface area (Å²) in [5.41, 5.74) is 1.61. The predicted octanol–water partition coefficient (Wildman–Crippen LogP) is 5.17. The van der Waals surface area contributed by atoms with Gasteiger partial charge in [-0.2, -0.15) is 0 Å². The number of nitrogens with one attached hydrogen (secondary N) is 1. The van der Waals surface area contributed by atoms with Gasteiger partial charge in [-0.25, -0.2) is 9.59 Å². The first-order valence-corrected chi connectivity index (χ1v) is 11.8. The van der Waals surface area contributed by atoms with Gasteiger partial charge in [0.05, 0.1) is 5.92 Å². The Bertz CT molecular complexity index is 881. The smallest absolute Gasteiger partial charge is 0.408 e. The lowest BCUT2D eigenvalue weighted by Gasteiger charge is -2.25. The zero-order chi connectivity index (χ0) is 24.8. The molecule has 0 aromatic heterocycles. The summed E-state index contributed by atoms with van der Waals surface area (Å²) >= 11 is 0. The third-order valence-electron chi connectivity index (χ3n) is 5.34. The van der Waals surface area contributed by atoms with Gasteiger partial charge in [0.2, 0.25) is 0 Å². The van der Waals surface area contributed by atoms with Gasteiger partial charge in [0.1, 0.15) is 19.3 Å². The first kappa shape index (κ1) is 26.9. The van der Waals surface area contributed by atoms with Crippen LogP contribution in [0.25, 0.3) is 0 Å². The molecular formula is C27H35NO6.